The van der Waals surface area contributed by atoms with E-state index in [1.54, 1.807) is 30.5 Å². The molecule has 2 aromatic heterocycles. The van der Waals surface area contributed by atoms with Crippen molar-refractivity contribution < 1.29 is 14.7 Å². The lowest BCUT2D eigenvalue weighted by Crippen LogP contribution is -2.18. The number of aromatic nitrogens is 4. The van der Waals surface area contributed by atoms with Gasteiger partial charge in [-0.3, -0.25) is 10.1 Å². The summed E-state index contributed by atoms with van der Waals surface area (Å²) in [5.41, 5.74) is 2.77. The molecule has 9 nitrogen and oxygen atoms in total. The van der Waals surface area contributed by atoms with Crippen LogP contribution in [0, 0.1) is 0 Å². The lowest BCUT2D eigenvalue weighted by atomic mass is 10.2. The fraction of sp³-hybridized carbons (Fsp3) is 0.222. The Balaban J connectivity index is 1.87. The second-order valence-corrected chi connectivity index (χ2v) is 6.77. The van der Waals surface area contributed by atoms with Gasteiger partial charge in [-0.25, -0.2) is 19.7 Å². The molecule has 144 valence electrons. The highest BCUT2D eigenvalue weighted by Gasteiger charge is 2.13. The molecule has 0 bridgehead atoms. The highest BCUT2D eigenvalue weighted by molar-refractivity contribution is 7.98. The van der Waals surface area contributed by atoms with Crippen LogP contribution in [-0.2, 0) is 11.3 Å². The molecule has 0 atom stereocenters. The Kier molecular flexibility index (Phi) is 5.69. The van der Waals surface area contributed by atoms with Crippen LogP contribution < -0.4 is 10.2 Å². The molecule has 3 aromatic rings. The highest BCUT2D eigenvalue weighted by Crippen LogP contribution is 2.23. The van der Waals surface area contributed by atoms with Gasteiger partial charge in [-0.05, 0) is 30.5 Å². The Morgan fingerprint density at radius 3 is 2.50 bits per heavy atom. The number of carboxylic acids is 1. The van der Waals surface area contributed by atoms with Crippen LogP contribution in [0.25, 0.3) is 11.2 Å². The van der Waals surface area contributed by atoms with E-state index >= 15 is 0 Å². The minimum absolute atomic E-state index is 0.196. The van der Waals surface area contributed by atoms with Crippen molar-refractivity contribution in [1.29, 1.82) is 0 Å². The van der Waals surface area contributed by atoms with Gasteiger partial charge in [0.05, 0.1) is 24.0 Å². The van der Waals surface area contributed by atoms with Gasteiger partial charge in [-0.15, -0.1) is 11.8 Å². The van der Waals surface area contributed by atoms with E-state index in [-0.39, 0.29) is 17.4 Å². The van der Waals surface area contributed by atoms with E-state index in [2.05, 4.69) is 25.3 Å². The minimum atomic E-state index is -0.960. The van der Waals surface area contributed by atoms with E-state index in [4.69, 9.17) is 5.11 Å². The largest absolute Gasteiger partial charge is 0.478 e. The fourth-order valence-corrected chi connectivity index (χ4v) is 3.05. The Bertz CT molecular complexity index is 1040. The summed E-state index contributed by atoms with van der Waals surface area (Å²) in [6, 6.07) is 6.61. The Morgan fingerprint density at radius 2 is 1.89 bits per heavy atom. The number of carbonyl (C=O) groups excluding carboxylic acids is 1. The first-order valence-corrected chi connectivity index (χ1v) is 9.49. The second-order valence-electron chi connectivity index (χ2n) is 5.98. The predicted molar refractivity (Wildman–Crippen MR) is 107 cm³/mol. The number of hydrogen-bond donors (Lipinski definition) is 2. The monoisotopic (exact) mass is 398 g/mol. The van der Waals surface area contributed by atoms with Crippen molar-refractivity contribution in [2.24, 2.45) is 0 Å². The number of carbonyl (C=O) groups is 2. The number of hydrogen-bond acceptors (Lipinski definition) is 8. The Morgan fingerprint density at radius 1 is 1.18 bits per heavy atom. The highest BCUT2D eigenvalue weighted by atomic mass is 32.2. The third-order valence-electron chi connectivity index (χ3n) is 3.86. The molecule has 1 aromatic carbocycles. The summed E-state index contributed by atoms with van der Waals surface area (Å²) < 4.78 is 0. The first-order valence-electron chi connectivity index (χ1n) is 8.27. The number of nitrogens with one attached hydrogen (secondary N) is 1. The predicted octanol–water partition coefficient (Wildman–Crippen LogP) is 2.43. The van der Waals surface area contributed by atoms with Crippen LogP contribution in [0.1, 0.15) is 23.0 Å². The van der Waals surface area contributed by atoms with Crippen molar-refractivity contribution in [3.8, 4) is 0 Å². The maximum absolute atomic E-state index is 11.2. The molecule has 0 aliphatic carbocycles. The van der Waals surface area contributed by atoms with E-state index < -0.39 is 5.97 Å². The maximum Gasteiger partial charge on any atom is 0.335 e. The molecule has 0 saturated carbocycles. The number of nitrogens with zero attached hydrogens (tertiary/aromatic N) is 5. The van der Waals surface area contributed by atoms with Crippen molar-refractivity contribution in [2.75, 3.05) is 23.5 Å². The molecular weight excluding hydrogens is 380 g/mol. The number of rotatable bonds is 6. The smallest absolute Gasteiger partial charge is 0.335 e. The molecule has 0 saturated heterocycles. The normalized spacial score (nSPS) is 10.7. The lowest BCUT2D eigenvalue weighted by molar-refractivity contribution is -0.114. The summed E-state index contributed by atoms with van der Waals surface area (Å²) in [7, 11) is 1.88. The molecule has 0 aliphatic rings. The first kappa shape index (κ1) is 19.5. The van der Waals surface area contributed by atoms with E-state index in [0.717, 1.165) is 5.69 Å². The molecule has 0 fully saturated rings. The van der Waals surface area contributed by atoms with E-state index in [1.807, 2.05) is 18.2 Å². The number of anilines is 2. The van der Waals surface area contributed by atoms with Crippen LogP contribution >= 0.6 is 11.8 Å². The molecule has 28 heavy (non-hydrogen) atoms. The van der Waals surface area contributed by atoms with Crippen LogP contribution in [0.4, 0.5) is 11.6 Å². The number of carboxylic acid groups (broad SMARTS) is 1. The van der Waals surface area contributed by atoms with E-state index in [1.165, 1.54) is 18.7 Å². The Hall–Kier alpha value is -3.27. The standard InChI is InChI=1S/C18H18N6O3S/c1-10(25)20-18-22-15-14(16(23-18)28-3)21-12(8-19-15)9-24(2)13-6-4-11(5-7-13)17(26)27/h4-8H,9H2,1-3H3,(H,26,27)(H,19,20,22,23,25). The fourth-order valence-electron chi connectivity index (χ4n) is 2.54. The zero-order chi connectivity index (χ0) is 20.3. The SMILES string of the molecule is CSc1nc(NC(C)=O)nc2ncc(CN(C)c3ccc(C(=O)O)cc3)nc12. The molecule has 0 unspecified atom stereocenters. The lowest BCUT2D eigenvalue weighted by Gasteiger charge is -2.19. The summed E-state index contributed by atoms with van der Waals surface area (Å²) in [6.45, 7) is 1.86. The summed E-state index contributed by atoms with van der Waals surface area (Å²) in [6.07, 6.45) is 3.49. The quantitative estimate of drug-likeness (QED) is 0.476. The first-order chi connectivity index (χ1) is 13.4. The van der Waals surface area contributed by atoms with E-state index in [0.29, 0.717) is 28.4 Å². The van der Waals surface area contributed by atoms with Gasteiger partial charge in [0.1, 0.15) is 10.5 Å². The van der Waals surface area contributed by atoms with Gasteiger partial charge < -0.3 is 10.0 Å². The molecule has 2 heterocycles. The average molecular weight is 398 g/mol. The number of benzene rings is 1. The van der Waals surface area contributed by atoms with Crippen LogP contribution in [0.15, 0.2) is 35.5 Å². The summed E-state index contributed by atoms with van der Waals surface area (Å²) in [5, 5.41) is 12.2. The van der Waals surface area contributed by atoms with Crippen molar-refractivity contribution >= 4 is 46.4 Å². The molecule has 1 amide bonds. The van der Waals surface area contributed by atoms with Crippen LogP contribution in [0.2, 0.25) is 0 Å². The number of fused-ring (bicyclic) bond motifs is 1. The van der Waals surface area contributed by atoms with Crippen molar-refractivity contribution in [3.05, 3.63) is 41.7 Å². The second kappa shape index (κ2) is 8.17. The summed E-state index contributed by atoms with van der Waals surface area (Å²) >= 11 is 1.39. The molecule has 2 N–H and O–H groups in total. The summed E-state index contributed by atoms with van der Waals surface area (Å²) in [4.78, 5) is 41.7. The van der Waals surface area contributed by atoms with E-state index in [9.17, 15) is 9.59 Å². The van der Waals surface area contributed by atoms with Gasteiger partial charge in [-0.1, -0.05) is 0 Å². The summed E-state index contributed by atoms with van der Waals surface area (Å²) in [5.74, 6) is -1.02. The third-order valence-corrected chi connectivity index (χ3v) is 4.53. The van der Waals surface area contributed by atoms with Crippen LogP contribution in [0.3, 0.4) is 0 Å². The van der Waals surface area contributed by atoms with Crippen LogP contribution in [0.5, 0.6) is 0 Å². The van der Waals surface area contributed by atoms with Gasteiger partial charge in [0.25, 0.3) is 0 Å². The van der Waals surface area contributed by atoms with Gasteiger partial charge in [-0.2, -0.15) is 4.98 Å². The molecule has 0 radical (unpaired) electrons. The molecule has 3 rings (SSSR count). The van der Waals surface area contributed by atoms with Gasteiger partial charge >= 0.3 is 5.97 Å². The van der Waals surface area contributed by atoms with Gasteiger partial charge in [0, 0.05) is 19.7 Å². The topological polar surface area (TPSA) is 121 Å². The van der Waals surface area contributed by atoms with Gasteiger partial charge in [0.15, 0.2) is 5.65 Å². The van der Waals surface area contributed by atoms with Crippen molar-refractivity contribution in [1.82, 2.24) is 19.9 Å². The zero-order valence-electron chi connectivity index (χ0n) is 15.5. The van der Waals surface area contributed by atoms with Gasteiger partial charge in [0.2, 0.25) is 11.9 Å². The molecule has 0 aliphatic heterocycles. The number of thioether (sulfide) groups is 1. The minimum Gasteiger partial charge on any atom is -0.478 e. The molecule has 10 heteroatoms. The third kappa shape index (κ3) is 4.34. The molecule has 0 spiro atoms. The average Bonchev–Trinajstić information content (AvgIpc) is 2.67. The maximum atomic E-state index is 11.2. The number of amides is 1. The molecular formula is C18H18N6O3S. The van der Waals surface area contributed by atoms with Crippen molar-refractivity contribution in [3.63, 3.8) is 0 Å². The van der Waals surface area contributed by atoms with Crippen molar-refractivity contribution in [2.45, 2.75) is 18.5 Å². The zero-order valence-corrected chi connectivity index (χ0v) is 16.3. The Labute approximate surface area is 165 Å². The number of aromatic carboxylic acids is 1. The van der Waals surface area contributed by atoms with Crippen LogP contribution in [-0.4, -0.2) is 50.2 Å².